The quantitative estimate of drug-likeness (QED) is 0.855. The van der Waals surface area contributed by atoms with Gasteiger partial charge in [-0.15, -0.1) is 0 Å². The molecule has 7 heteroatoms. The minimum absolute atomic E-state index is 0.436. The van der Waals surface area contributed by atoms with Crippen molar-refractivity contribution in [3.05, 3.63) is 18.5 Å². The Labute approximate surface area is 115 Å². The number of ether oxygens (including phenoxy) is 2. The number of fused-ring (bicyclic) bond motifs is 1. The highest BCUT2D eigenvalue weighted by molar-refractivity contribution is 5.92. The summed E-state index contributed by atoms with van der Waals surface area (Å²) < 4.78 is 10.4. The number of aromatic nitrogens is 2. The molecule has 2 aromatic rings. The van der Waals surface area contributed by atoms with Crippen LogP contribution in [-0.2, 0) is 4.79 Å². The lowest BCUT2D eigenvalue weighted by Crippen LogP contribution is -2.26. The largest absolute Gasteiger partial charge is 0.493 e. The minimum atomic E-state index is -0.961. The molecule has 7 nitrogen and oxygen atoms in total. The minimum Gasteiger partial charge on any atom is -0.493 e. The number of benzene rings is 1. The van der Waals surface area contributed by atoms with E-state index in [1.165, 1.54) is 27.5 Å². The van der Waals surface area contributed by atoms with Crippen molar-refractivity contribution in [2.24, 2.45) is 0 Å². The maximum atomic E-state index is 10.9. The van der Waals surface area contributed by atoms with E-state index in [0.717, 1.165) is 0 Å². The number of methoxy groups -OCH3 is 2. The Morgan fingerprint density at radius 2 is 1.90 bits per heavy atom. The van der Waals surface area contributed by atoms with Crippen LogP contribution in [0.5, 0.6) is 11.5 Å². The molecule has 0 amide bonds. The number of carboxylic acids is 1. The van der Waals surface area contributed by atoms with Crippen LogP contribution in [-0.4, -0.2) is 41.3 Å². The standard InChI is InChI=1S/C13H15N3O4/c1-7(13(17)18)16-12-8-4-10(19-2)11(20-3)5-9(8)14-6-15-12/h4-7H,1-3H3,(H,17,18)(H,14,15,16)/t7-/m0/s1. The molecule has 0 bridgehead atoms. The van der Waals surface area contributed by atoms with E-state index in [-0.39, 0.29) is 0 Å². The van der Waals surface area contributed by atoms with Crippen LogP contribution in [0.2, 0.25) is 0 Å². The van der Waals surface area contributed by atoms with Gasteiger partial charge in [0.05, 0.1) is 19.7 Å². The highest BCUT2D eigenvalue weighted by atomic mass is 16.5. The summed E-state index contributed by atoms with van der Waals surface area (Å²) in [6, 6.07) is 2.67. The summed E-state index contributed by atoms with van der Waals surface area (Å²) in [5, 5.41) is 12.4. The van der Waals surface area contributed by atoms with Crippen molar-refractivity contribution in [2.75, 3.05) is 19.5 Å². The Bertz CT molecular complexity index is 645. The first-order chi connectivity index (χ1) is 9.56. The molecule has 1 aromatic heterocycles. The normalized spacial score (nSPS) is 11.9. The maximum absolute atomic E-state index is 10.9. The molecule has 0 saturated heterocycles. The Balaban J connectivity index is 2.53. The van der Waals surface area contributed by atoms with E-state index in [0.29, 0.717) is 28.2 Å². The lowest BCUT2D eigenvalue weighted by Gasteiger charge is -2.13. The van der Waals surface area contributed by atoms with Gasteiger partial charge in [0.1, 0.15) is 18.2 Å². The molecule has 0 aliphatic carbocycles. The van der Waals surface area contributed by atoms with Gasteiger partial charge in [0.15, 0.2) is 11.5 Å². The molecule has 0 fully saturated rings. The van der Waals surface area contributed by atoms with Crippen molar-refractivity contribution in [1.82, 2.24) is 9.97 Å². The monoisotopic (exact) mass is 277 g/mol. The van der Waals surface area contributed by atoms with Gasteiger partial charge < -0.3 is 19.9 Å². The first-order valence-corrected chi connectivity index (χ1v) is 5.93. The van der Waals surface area contributed by atoms with E-state index >= 15 is 0 Å². The first kappa shape index (κ1) is 13.9. The maximum Gasteiger partial charge on any atom is 0.325 e. The van der Waals surface area contributed by atoms with Crippen molar-refractivity contribution in [3.63, 3.8) is 0 Å². The van der Waals surface area contributed by atoms with Gasteiger partial charge in [0.2, 0.25) is 0 Å². The van der Waals surface area contributed by atoms with Gasteiger partial charge in [-0.2, -0.15) is 0 Å². The molecular formula is C13H15N3O4. The highest BCUT2D eigenvalue weighted by Gasteiger charge is 2.15. The van der Waals surface area contributed by atoms with Crippen molar-refractivity contribution >= 4 is 22.7 Å². The van der Waals surface area contributed by atoms with E-state index in [9.17, 15) is 4.79 Å². The zero-order valence-electron chi connectivity index (χ0n) is 11.4. The van der Waals surface area contributed by atoms with Crippen LogP contribution in [0.1, 0.15) is 6.92 Å². The number of rotatable bonds is 5. The van der Waals surface area contributed by atoms with Crippen LogP contribution >= 0.6 is 0 Å². The van der Waals surface area contributed by atoms with Crippen LogP contribution < -0.4 is 14.8 Å². The van der Waals surface area contributed by atoms with Crippen molar-refractivity contribution in [3.8, 4) is 11.5 Å². The second-order valence-electron chi connectivity index (χ2n) is 4.15. The Kier molecular flexibility index (Phi) is 3.88. The fourth-order valence-electron chi connectivity index (χ4n) is 1.76. The van der Waals surface area contributed by atoms with Gasteiger partial charge >= 0.3 is 5.97 Å². The topological polar surface area (TPSA) is 93.6 Å². The fraction of sp³-hybridized carbons (Fsp3) is 0.308. The number of carbonyl (C=O) groups is 1. The molecule has 106 valence electrons. The summed E-state index contributed by atoms with van der Waals surface area (Å²) >= 11 is 0. The van der Waals surface area contributed by atoms with Gasteiger partial charge in [0, 0.05) is 11.5 Å². The van der Waals surface area contributed by atoms with Gasteiger partial charge in [-0.1, -0.05) is 0 Å². The van der Waals surface area contributed by atoms with Crippen LogP contribution in [0.4, 0.5) is 5.82 Å². The van der Waals surface area contributed by atoms with E-state index in [4.69, 9.17) is 14.6 Å². The summed E-state index contributed by atoms with van der Waals surface area (Å²) in [5.41, 5.74) is 0.637. The molecule has 0 saturated carbocycles. The molecule has 20 heavy (non-hydrogen) atoms. The molecular weight excluding hydrogens is 262 g/mol. The SMILES string of the molecule is COc1cc2ncnc(N[C@@H](C)C(=O)O)c2cc1OC. The van der Waals surface area contributed by atoms with E-state index in [2.05, 4.69) is 15.3 Å². The van der Waals surface area contributed by atoms with Gasteiger partial charge in [-0.25, -0.2) is 9.97 Å². The summed E-state index contributed by atoms with van der Waals surface area (Å²) in [6.45, 7) is 1.54. The molecule has 2 N–H and O–H groups in total. The second-order valence-corrected chi connectivity index (χ2v) is 4.15. The molecule has 0 spiro atoms. The first-order valence-electron chi connectivity index (χ1n) is 5.93. The third-order valence-electron chi connectivity index (χ3n) is 2.86. The van der Waals surface area contributed by atoms with Gasteiger partial charge in [-0.05, 0) is 13.0 Å². The molecule has 0 aliphatic heterocycles. The summed E-state index contributed by atoms with van der Waals surface area (Å²) in [6.07, 6.45) is 1.37. The lowest BCUT2D eigenvalue weighted by atomic mass is 10.2. The van der Waals surface area contributed by atoms with Crippen molar-refractivity contribution < 1.29 is 19.4 Å². The third-order valence-corrected chi connectivity index (χ3v) is 2.86. The Hall–Kier alpha value is -2.57. The van der Waals surface area contributed by atoms with Crippen LogP contribution in [0.15, 0.2) is 18.5 Å². The predicted molar refractivity (Wildman–Crippen MR) is 73.4 cm³/mol. The number of anilines is 1. The van der Waals surface area contributed by atoms with Crippen LogP contribution in [0.3, 0.4) is 0 Å². The molecule has 1 aromatic carbocycles. The molecule has 0 radical (unpaired) electrons. The Morgan fingerprint density at radius 3 is 2.50 bits per heavy atom. The second kappa shape index (κ2) is 5.60. The summed E-state index contributed by atoms with van der Waals surface area (Å²) in [4.78, 5) is 19.1. The molecule has 1 atom stereocenters. The lowest BCUT2D eigenvalue weighted by molar-refractivity contribution is -0.137. The van der Waals surface area contributed by atoms with Gasteiger partial charge in [-0.3, -0.25) is 4.79 Å². The van der Waals surface area contributed by atoms with Crippen LogP contribution in [0, 0.1) is 0 Å². The molecule has 0 unspecified atom stereocenters. The molecule has 0 aliphatic rings. The fourth-order valence-corrected chi connectivity index (χ4v) is 1.76. The zero-order chi connectivity index (χ0) is 14.7. The Morgan fingerprint density at radius 1 is 1.25 bits per heavy atom. The van der Waals surface area contributed by atoms with E-state index in [1.54, 1.807) is 12.1 Å². The van der Waals surface area contributed by atoms with E-state index < -0.39 is 12.0 Å². The number of nitrogens with zero attached hydrogens (tertiary/aromatic N) is 2. The average Bonchev–Trinajstić information content (AvgIpc) is 2.45. The summed E-state index contributed by atoms with van der Waals surface area (Å²) in [7, 11) is 3.07. The number of aliphatic carboxylic acids is 1. The van der Waals surface area contributed by atoms with Crippen LogP contribution in [0.25, 0.3) is 10.9 Å². The number of hydrogen-bond acceptors (Lipinski definition) is 6. The predicted octanol–water partition coefficient (Wildman–Crippen LogP) is 1.53. The zero-order valence-corrected chi connectivity index (χ0v) is 11.4. The van der Waals surface area contributed by atoms with Gasteiger partial charge in [0.25, 0.3) is 0 Å². The molecule has 2 rings (SSSR count). The molecule has 1 heterocycles. The smallest absolute Gasteiger partial charge is 0.325 e. The summed E-state index contributed by atoms with van der Waals surface area (Å²) in [5.74, 6) is 0.555. The third kappa shape index (κ3) is 2.56. The van der Waals surface area contributed by atoms with E-state index in [1.807, 2.05) is 0 Å². The average molecular weight is 277 g/mol. The number of carboxylic acid groups (broad SMARTS) is 1. The highest BCUT2D eigenvalue weighted by Crippen LogP contribution is 2.33. The number of nitrogens with one attached hydrogen (secondary N) is 1. The van der Waals surface area contributed by atoms with Crippen molar-refractivity contribution in [1.29, 1.82) is 0 Å². The number of hydrogen-bond donors (Lipinski definition) is 2. The van der Waals surface area contributed by atoms with Crippen molar-refractivity contribution in [2.45, 2.75) is 13.0 Å².